The first-order valence-electron chi connectivity index (χ1n) is 5.37. The molecule has 0 bridgehead atoms. The van der Waals surface area contributed by atoms with E-state index in [-0.39, 0.29) is 17.0 Å². The van der Waals surface area contributed by atoms with E-state index in [1.54, 1.807) is 13.2 Å². The van der Waals surface area contributed by atoms with Crippen LogP contribution in [0.15, 0.2) is 6.07 Å². The van der Waals surface area contributed by atoms with Gasteiger partial charge < -0.3 is 5.32 Å². The van der Waals surface area contributed by atoms with Gasteiger partial charge in [-0.15, -0.1) is 0 Å². The average molecular weight is 316 g/mol. The summed E-state index contributed by atoms with van der Waals surface area (Å²) in [5, 5.41) is 2.50. The van der Waals surface area contributed by atoms with Crippen LogP contribution >= 0.6 is 11.6 Å². The van der Waals surface area contributed by atoms with Crippen LogP contribution < -0.4 is 5.32 Å². The standard InChI is InChI=1S/C10H13ClF3N3OS/c1-6(3-4-19(2)18)15-8-5-7(11)16-9(17-8)10(12,13)14/h5-6H,3-4H2,1-2H3,(H,15,16,17). The van der Waals surface area contributed by atoms with Crippen molar-refractivity contribution in [1.29, 1.82) is 0 Å². The fourth-order valence-corrected chi connectivity index (χ4v) is 2.15. The highest BCUT2D eigenvalue weighted by Gasteiger charge is 2.35. The Labute approximate surface area is 116 Å². The lowest BCUT2D eigenvalue weighted by atomic mass is 10.2. The number of nitrogens with zero attached hydrogens (tertiary/aromatic N) is 2. The van der Waals surface area contributed by atoms with Gasteiger partial charge in [-0.3, -0.25) is 4.21 Å². The number of anilines is 1. The number of rotatable bonds is 5. The molecule has 2 unspecified atom stereocenters. The van der Waals surface area contributed by atoms with Crippen LogP contribution in [0.3, 0.4) is 0 Å². The van der Waals surface area contributed by atoms with Gasteiger partial charge in [0.2, 0.25) is 5.82 Å². The van der Waals surface area contributed by atoms with E-state index in [4.69, 9.17) is 11.6 Å². The quantitative estimate of drug-likeness (QED) is 0.849. The summed E-state index contributed by atoms with van der Waals surface area (Å²) in [7, 11) is -0.946. The summed E-state index contributed by atoms with van der Waals surface area (Å²) in [5.74, 6) is -0.825. The largest absolute Gasteiger partial charge is 0.451 e. The van der Waals surface area contributed by atoms with Crippen LogP contribution in [0.1, 0.15) is 19.2 Å². The second kappa shape index (κ2) is 6.51. The molecule has 1 heterocycles. The Kier molecular flexibility index (Phi) is 5.54. The maximum absolute atomic E-state index is 12.5. The normalized spacial score (nSPS) is 15.1. The maximum atomic E-state index is 12.5. The van der Waals surface area contributed by atoms with Gasteiger partial charge in [0.1, 0.15) is 11.0 Å². The van der Waals surface area contributed by atoms with E-state index in [1.807, 2.05) is 0 Å². The molecule has 0 amide bonds. The molecule has 0 aliphatic rings. The summed E-state index contributed by atoms with van der Waals surface area (Å²) in [6.45, 7) is 1.76. The number of halogens is 4. The number of hydrogen-bond acceptors (Lipinski definition) is 4. The van der Waals surface area contributed by atoms with Gasteiger partial charge in [-0.2, -0.15) is 13.2 Å². The Morgan fingerprint density at radius 1 is 1.47 bits per heavy atom. The minimum Gasteiger partial charge on any atom is -0.367 e. The van der Waals surface area contributed by atoms with E-state index >= 15 is 0 Å². The summed E-state index contributed by atoms with van der Waals surface area (Å²) in [5.41, 5.74) is 0. The van der Waals surface area contributed by atoms with Gasteiger partial charge in [-0.05, 0) is 13.3 Å². The van der Waals surface area contributed by atoms with Crippen molar-refractivity contribution < 1.29 is 17.4 Å². The van der Waals surface area contributed by atoms with Crippen LogP contribution in [0, 0.1) is 0 Å². The van der Waals surface area contributed by atoms with Crippen LogP contribution in [0.2, 0.25) is 5.15 Å². The third-order valence-corrected chi connectivity index (χ3v) is 3.19. The van der Waals surface area contributed by atoms with Gasteiger partial charge in [-0.1, -0.05) is 11.6 Å². The third-order valence-electron chi connectivity index (χ3n) is 2.18. The van der Waals surface area contributed by atoms with Crippen LogP contribution in [0.25, 0.3) is 0 Å². The minimum atomic E-state index is -4.64. The molecule has 0 saturated carbocycles. The molecule has 4 nitrogen and oxygen atoms in total. The highest BCUT2D eigenvalue weighted by atomic mass is 35.5. The van der Waals surface area contributed by atoms with E-state index in [9.17, 15) is 17.4 Å². The van der Waals surface area contributed by atoms with Crippen molar-refractivity contribution in [2.24, 2.45) is 0 Å². The molecule has 0 aliphatic carbocycles. The third kappa shape index (κ3) is 5.73. The Hall–Kier alpha value is -0.890. The molecule has 0 aromatic carbocycles. The first-order chi connectivity index (χ1) is 8.68. The molecule has 1 rings (SSSR count). The van der Waals surface area contributed by atoms with Crippen molar-refractivity contribution in [1.82, 2.24) is 9.97 Å². The lowest BCUT2D eigenvalue weighted by molar-refractivity contribution is -0.144. The molecule has 1 N–H and O–H groups in total. The zero-order valence-electron chi connectivity index (χ0n) is 10.3. The van der Waals surface area contributed by atoms with Crippen molar-refractivity contribution in [3.8, 4) is 0 Å². The molecule has 108 valence electrons. The van der Waals surface area contributed by atoms with Gasteiger partial charge in [0, 0.05) is 34.9 Å². The van der Waals surface area contributed by atoms with Crippen molar-refractivity contribution in [3.63, 3.8) is 0 Å². The number of hydrogen-bond donors (Lipinski definition) is 1. The molecular weight excluding hydrogens is 303 g/mol. The Morgan fingerprint density at radius 2 is 2.11 bits per heavy atom. The summed E-state index contributed by atoms with van der Waals surface area (Å²) < 4.78 is 48.4. The van der Waals surface area contributed by atoms with Crippen LogP contribution in [0.4, 0.5) is 19.0 Å². The smallest absolute Gasteiger partial charge is 0.367 e. The predicted octanol–water partition coefficient (Wildman–Crippen LogP) is 2.72. The lowest BCUT2D eigenvalue weighted by Crippen LogP contribution is -2.20. The molecule has 0 saturated heterocycles. The molecule has 0 aliphatic heterocycles. The molecular formula is C10H13ClF3N3OS. The average Bonchev–Trinajstić information content (AvgIpc) is 2.24. The monoisotopic (exact) mass is 315 g/mol. The fourth-order valence-electron chi connectivity index (χ4n) is 1.29. The molecule has 2 atom stereocenters. The Bertz CT molecular complexity index is 470. The van der Waals surface area contributed by atoms with Crippen molar-refractivity contribution in [2.75, 3.05) is 17.3 Å². The molecule has 1 aromatic rings. The molecule has 9 heteroatoms. The van der Waals surface area contributed by atoms with Crippen LogP contribution in [-0.4, -0.2) is 32.2 Å². The molecule has 0 radical (unpaired) electrons. The van der Waals surface area contributed by atoms with E-state index in [1.165, 1.54) is 6.07 Å². The van der Waals surface area contributed by atoms with Gasteiger partial charge >= 0.3 is 6.18 Å². The maximum Gasteiger partial charge on any atom is 0.451 e. The summed E-state index contributed by atoms with van der Waals surface area (Å²) in [6, 6.07) is 1.05. The highest BCUT2D eigenvalue weighted by molar-refractivity contribution is 7.84. The molecule has 19 heavy (non-hydrogen) atoms. The summed E-state index contributed by atoms with van der Waals surface area (Å²) in [4.78, 5) is 6.49. The summed E-state index contributed by atoms with van der Waals surface area (Å²) >= 11 is 5.53. The zero-order chi connectivity index (χ0) is 14.6. The topological polar surface area (TPSA) is 54.9 Å². The fraction of sp³-hybridized carbons (Fsp3) is 0.600. The van der Waals surface area contributed by atoms with Gasteiger partial charge in [-0.25, -0.2) is 9.97 Å². The SMILES string of the molecule is CC(CCS(C)=O)Nc1cc(Cl)nc(C(F)(F)F)n1. The van der Waals surface area contributed by atoms with Crippen molar-refractivity contribution >= 4 is 28.2 Å². The first-order valence-corrected chi connectivity index (χ1v) is 7.47. The highest BCUT2D eigenvalue weighted by Crippen LogP contribution is 2.28. The van der Waals surface area contributed by atoms with Gasteiger partial charge in [0.05, 0.1) is 0 Å². The second-order valence-electron chi connectivity index (χ2n) is 4.01. The molecule has 0 spiro atoms. The number of nitrogens with one attached hydrogen (secondary N) is 1. The first kappa shape index (κ1) is 16.2. The second-order valence-corrected chi connectivity index (χ2v) is 5.95. The van der Waals surface area contributed by atoms with Crippen LogP contribution in [0.5, 0.6) is 0 Å². The van der Waals surface area contributed by atoms with Gasteiger partial charge in [0.15, 0.2) is 0 Å². The summed E-state index contributed by atoms with van der Waals surface area (Å²) in [6.07, 6.45) is -2.53. The molecule has 1 aromatic heterocycles. The van der Waals surface area contributed by atoms with E-state index < -0.39 is 22.8 Å². The Balaban J connectivity index is 2.78. The Morgan fingerprint density at radius 3 is 2.63 bits per heavy atom. The molecule has 0 fully saturated rings. The lowest BCUT2D eigenvalue weighted by Gasteiger charge is -2.15. The van der Waals surface area contributed by atoms with Crippen molar-refractivity contribution in [3.05, 3.63) is 17.0 Å². The van der Waals surface area contributed by atoms with Crippen molar-refractivity contribution in [2.45, 2.75) is 25.6 Å². The van der Waals surface area contributed by atoms with Crippen LogP contribution in [-0.2, 0) is 17.0 Å². The predicted molar refractivity (Wildman–Crippen MR) is 68.7 cm³/mol. The van der Waals surface area contributed by atoms with Gasteiger partial charge in [0.25, 0.3) is 0 Å². The minimum absolute atomic E-state index is 0.00158. The van der Waals surface area contributed by atoms with E-state index in [0.29, 0.717) is 12.2 Å². The number of aromatic nitrogens is 2. The number of alkyl halides is 3. The van der Waals surface area contributed by atoms with E-state index in [0.717, 1.165) is 0 Å². The zero-order valence-corrected chi connectivity index (χ0v) is 11.9. The van der Waals surface area contributed by atoms with E-state index in [2.05, 4.69) is 15.3 Å².